The first-order chi connectivity index (χ1) is 12.4. The van der Waals surface area contributed by atoms with Gasteiger partial charge in [0.2, 0.25) is 0 Å². The van der Waals surface area contributed by atoms with Crippen LogP contribution in [0.25, 0.3) is 20.0 Å². The van der Waals surface area contributed by atoms with E-state index in [2.05, 4.69) is 11.1 Å². The average molecular weight is 386 g/mol. The van der Waals surface area contributed by atoms with Crippen molar-refractivity contribution in [3.8, 4) is 21.7 Å². The van der Waals surface area contributed by atoms with Gasteiger partial charge in [-0.3, -0.25) is 0 Å². The molecule has 2 heterocycles. The number of carbonyl (C=O) groups is 1. The highest BCUT2D eigenvalue weighted by Gasteiger charge is 2.20. The summed E-state index contributed by atoms with van der Waals surface area (Å²) in [5.41, 5.74) is 1.19. The van der Waals surface area contributed by atoms with Crippen LogP contribution in [0.2, 0.25) is 0 Å². The fourth-order valence-corrected chi connectivity index (χ4v) is 4.69. The Balaban J connectivity index is 2.06. The predicted molar refractivity (Wildman–Crippen MR) is 104 cm³/mol. The topological polar surface area (TPSA) is 72.2 Å². The number of fused-ring (bicyclic) bond motifs is 1. The molecule has 0 spiro atoms. The summed E-state index contributed by atoms with van der Waals surface area (Å²) in [7, 11) is 0. The molecule has 7 heteroatoms. The molecular formula is C19H18N2O3S2. The van der Waals surface area contributed by atoms with E-state index in [1.807, 2.05) is 32.0 Å². The number of hydrogen-bond donors (Lipinski definition) is 0. The van der Waals surface area contributed by atoms with E-state index in [9.17, 15) is 10.1 Å². The van der Waals surface area contributed by atoms with Gasteiger partial charge < -0.3 is 9.47 Å². The summed E-state index contributed by atoms with van der Waals surface area (Å²) < 4.78 is 11.7. The Bertz CT molecular complexity index is 1010. The molecule has 26 heavy (non-hydrogen) atoms. The lowest BCUT2D eigenvalue weighted by molar-refractivity contribution is 0.0531. The van der Waals surface area contributed by atoms with Crippen LogP contribution in [0.4, 0.5) is 0 Å². The van der Waals surface area contributed by atoms with Crippen LogP contribution in [0, 0.1) is 18.3 Å². The summed E-state index contributed by atoms with van der Waals surface area (Å²) in [6.45, 7) is 7.77. The van der Waals surface area contributed by atoms with Gasteiger partial charge in [0, 0.05) is 0 Å². The standard InChI is InChI=1S/C19H18N2O3S2/c1-5-23-19(22)16-11(4)21-18(26-16)15-8-12-6-7-14(24-10(2)3)13(9-20)17(12)25-15/h6-8,10H,5H2,1-4H3. The second-order valence-corrected chi connectivity index (χ2v) is 7.95. The highest BCUT2D eigenvalue weighted by molar-refractivity contribution is 7.26. The van der Waals surface area contributed by atoms with Crippen LogP contribution in [0.5, 0.6) is 5.75 Å². The van der Waals surface area contributed by atoms with Crippen molar-refractivity contribution in [1.29, 1.82) is 5.26 Å². The van der Waals surface area contributed by atoms with E-state index in [1.54, 1.807) is 13.8 Å². The van der Waals surface area contributed by atoms with Crippen LogP contribution < -0.4 is 4.74 Å². The molecule has 0 bridgehead atoms. The molecule has 0 atom stereocenters. The van der Waals surface area contributed by atoms with Crippen molar-refractivity contribution in [2.45, 2.75) is 33.8 Å². The molecule has 0 radical (unpaired) electrons. The van der Waals surface area contributed by atoms with E-state index in [0.29, 0.717) is 28.5 Å². The van der Waals surface area contributed by atoms with Crippen LogP contribution in [-0.4, -0.2) is 23.7 Å². The number of carbonyl (C=O) groups excluding carboxylic acids is 1. The molecule has 134 valence electrons. The summed E-state index contributed by atoms with van der Waals surface area (Å²) in [5, 5.41) is 11.3. The molecule has 0 aliphatic heterocycles. The fraction of sp³-hybridized carbons (Fsp3) is 0.316. The first kappa shape index (κ1) is 18.4. The Morgan fingerprint density at radius 2 is 2.12 bits per heavy atom. The minimum Gasteiger partial charge on any atom is -0.490 e. The summed E-state index contributed by atoms with van der Waals surface area (Å²) in [5.74, 6) is 0.242. The number of thiophene rings is 1. The Morgan fingerprint density at radius 3 is 2.77 bits per heavy atom. The number of nitrogens with zero attached hydrogens (tertiary/aromatic N) is 2. The third kappa shape index (κ3) is 3.43. The Morgan fingerprint density at radius 1 is 1.35 bits per heavy atom. The SMILES string of the molecule is CCOC(=O)c1sc(-c2cc3ccc(OC(C)C)c(C#N)c3s2)nc1C. The van der Waals surface area contributed by atoms with Gasteiger partial charge in [-0.25, -0.2) is 9.78 Å². The molecular weight excluding hydrogens is 368 g/mol. The van der Waals surface area contributed by atoms with Gasteiger partial charge in [-0.2, -0.15) is 5.26 Å². The average Bonchev–Trinajstić information content (AvgIpc) is 3.18. The molecule has 0 unspecified atom stereocenters. The third-order valence-corrected chi connectivity index (χ3v) is 6.07. The number of rotatable bonds is 5. The fourth-order valence-electron chi connectivity index (χ4n) is 2.54. The number of benzene rings is 1. The van der Waals surface area contributed by atoms with E-state index < -0.39 is 0 Å². The second kappa shape index (κ2) is 7.44. The Hall–Kier alpha value is -2.43. The second-order valence-electron chi connectivity index (χ2n) is 5.90. The van der Waals surface area contributed by atoms with Crippen molar-refractivity contribution in [2.24, 2.45) is 0 Å². The minimum atomic E-state index is -0.347. The van der Waals surface area contributed by atoms with Gasteiger partial charge in [0.25, 0.3) is 0 Å². The lowest BCUT2D eigenvalue weighted by Crippen LogP contribution is -2.06. The zero-order valence-electron chi connectivity index (χ0n) is 15.0. The van der Waals surface area contributed by atoms with E-state index in [4.69, 9.17) is 9.47 Å². The highest BCUT2D eigenvalue weighted by atomic mass is 32.1. The van der Waals surface area contributed by atoms with Gasteiger partial charge >= 0.3 is 5.97 Å². The third-order valence-electron chi connectivity index (χ3n) is 3.59. The van der Waals surface area contributed by atoms with Gasteiger partial charge in [-0.05, 0) is 51.3 Å². The highest BCUT2D eigenvalue weighted by Crippen LogP contribution is 2.40. The van der Waals surface area contributed by atoms with Crippen molar-refractivity contribution in [1.82, 2.24) is 4.98 Å². The monoisotopic (exact) mass is 386 g/mol. The van der Waals surface area contributed by atoms with Gasteiger partial charge in [0.05, 0.1) is 28.0 Å². The lowest BCUT2D eigenvalue weighted by atomic mass is 10.1. The maximum Gasteiger partial charge on any atom is 0.350 e. The number of aryl methyl sites for hydroxylation is 1. The zero-order valence-corrected chi connectivity index (χ0v) is 16.6. The molecule has 3 rings (SSSR count). The van der Waals surface area contributed by atoms with Gasteiger partial charge in [0.15, 0.2) is 0 Å². The number of ether oxygens (including phenoxy) is 2. The summed E-state index contributed by atoms with van der Waals surface area (Å²) in [4.78, 5) is 18.0. The van der Waals surface area contributed by atoms with E-state index >= 15 is 0 Å². The van der Waals surface area contributed by atoms with Crippen LogP contribution in [0.3, 0.4) is 0 Å². The van der Waals surface area contributed by atoms with Crippen LogP contribution in [0.15, 0.2) is 18.2 Å². The maximum absolute atomic E-state index is 12.0. The number of aromatic nitrogens is 1. The molecule has 0 fully saturated rings. The molecule has 0 saturated carbocycles. The quantitative estimate of drug-likeness (QED) is 0.566. The van der Waals surface area contributed by atoms with Crippen molar-refractivity contribution in [3.63, 3.8) is 0 Å². The van der Waals surface area contributed by atoms with Gasteiger partial charge in [-0.1, -0.05) is 0 Å². The smallest absolute Gasteiger partial charge is 0.350 e. The summed E-state index contributed by atoms with van der Waals surface area (Å²) in [6.07, 6.45) is -0.00673. The van der Waals surface area contributed by atoms with Crippen LogP contribution in [-0.2, 0) is 4.74 Å². The van der Waals surface area contributed by atoms with Crippen LogP contribution in [0.1, 0.15) is 41.7 Å². The number of hydrogen-bond acceptors (Lipinski definition) is 7. The van der Waals surface area contributed by atoms with Crippen LogP contribution >= 0.6 is 22.7 Å². The molecule has 2 aromatic heterocycles. The molecule has 0 saturated heterocycles. The van der Waals surface area contributed by atoms with E-state index in [-0.39, 0.29) is 12.1 Å². The summed E-state index contributed by atoms with van der Waals surface area (Å²) >= 11 is 2.80. The van der Waals surface area contributed by atoms with Crippen molar-refractivity contribution in [3.05, 3.63) is 34.3 Å². The number of esters is 1. The molecule has 0 aliphatic carbocycles. The normalized spacial score (nSPS) is 10.9. The number of nitriles is 1. The zero-order chi connectivity index (χ0) is 18.8. The molecule has 1 aromatic carbocycles. The Labute approximate surface area is 159 Å². The van der Waals surface area contributed by atoms with E-state index in [1.165, 1.54) is 22.7 Å². The summed E-state index contributed by atoms with van der Waals surface area (Å²) in [6, 6.07) is 8.02. The predicted octanol–water partition coefficient (Wildman–Crippen LogP) is 5.17. The van der Waals surface area contributed by atoms with Crippen molar-refractivity contribution in [2.75, 3.05) is 6.61 Å². The molecule has 5 nitrogen and oxygen atoms in total. The first-order valence-corrected chi connectivity index (χ1v) is 9.86. The van der Waals surface area contributed by atoms with Gasteiger partial charge in [0.1, 0.15) is 27.3 Å². The molecule has 0 amide bonds. The number of thiazole rings is 1. The maximum atomic E-state index is 12.0. The van der Waals surface area contributed by atoms with Crippen molar-refractivity contribution < 1.29 is 14.3 Å². The molecule has 3 aromatic rings. The van der Waals surface area contributed by atoms with Gasteiger partial charge in [-0.15, -0.1) is 22.7 Å². The Kier molecular flexibility index (Phi) is 5.25. The van der Waals surface area contributed by atoms with E-state index in [0.717, 1.165) is 20.0 Å². The minimum absolute atomic E-state index is 0.00673. The molecule has 0 aliphatic rings. The molecule has 0 N–H and O–H groups in total. The largest absolute Gasteiger partial charge is 0.490 e. The van der Waals surface area contributed by atoms with Crippen molar-refractivity contribution >= 4 is 38.7 Å². The first-order valence-electron chi connectivity index (χ1n) is 8.22. The lowest BCUT2D eigenvalue weighted by Gasteiger charge is -2.11.